The van der Waals surface area contributed by atoms with E-state index in [1.807, 2.05) is 11.8 Å². The fourth-order valence-electron chi connectivity index (χ4n) is 2.20. The molecular formula is C12H23FIN3O2. The van der Waals surface area contributed by atoms with Crippen molar-refractivity contribution < 1.29 is 13.9 Å². The third-order valence-electron chi connectivity index (χ3n) is 3.22. The van der Waals surface area contributed by atoms with E-state index in [4.69, 9.17) is 4.74 Å². The van der Waals surface area contributed by atoms with Gasteiger partial charge in [0, 0.05) is 26.7 Å². The van der Waals surface area contributed by atoms with Gasteiger partial charge in [-0.15, -0.1) is 24.0 Å². The van der Waals surface area contributed by atoms with Crippen molar-refractivity contribution in [2.24, 2.45) is 16.8 Å². The molecule has 2 atom stereocenters. The van der Waals surface area contributed by atoms with E-state index >= 15 is 0 Å². The summed E-state index contributed by atoms with van der Waals surface area (Å²) in [5, 5.41) is 3.09. The molecule has 0 aromatic carbocycles. The molecule has 0 aromatic heterocycles. The minimum absolute atomic E-state index is 0. The van der Waals surface area contributed by atoms with Crippen LogP contribution in [0.4, 0.5) is 4.39 Å². The largest absolute Gasteiger partial charge is 0.469 e. The zero-order valence-electron chi connectivity index (χ0n) is 11.7. The molecule has 1 N–H and O–H groups in total. The van der Waals surface area contributed by atoms with Crippen molar-refractivity contribution in [2.45, 2.75) is 13.3 Å². The van der Waals surface area contributed by atoms with Crippen LogP contribution in [0.5, 0.6) is 0 Å². The predicted molar refractivity (Wildman–Crippen MR) is 83.6 cm³/mol. The number of guanidine groups is 1. The highest BCUT2D eigenvalue weighted by Gasteiger charge is 2.36. The molecule has 0 radical (unpaired) electrons. The molecule has 0 aromatic rings. The van der Waals surface area contributed by atoms with Crippen LogP contribution in [0.2, 0.25) is 0 Å². The van der Waals surface area contributed by atoms with Crippen molar-refractivity contribution in [3.63, 3.8) is 0 Å². The monoisotopic (exact) mass is 387 g/mol. The molecule has 0 spiro atoms. The first-order valence-electron chi connectivity index (χ1n) is 6.23. The van der Waals surface area contributed by atoms with Crippen molar-refractivity contribution in [2.75, 3.05) is 40.5 Å². The van der Waals surface area contributed by atoms with Gasteiger partial charge in [-0.05, 0) is 12.3 Å². The minimum Gasteiger partial charge on any atom is -0.469 e. The molecule has 2 unspecified atom stereocenters. The molecule has 1 aliphatic heterocycles. The molecule has 0 amide bonds. The van der Waals surface area contributed by atoms with Gasteiger partial charge in [-0.2, -0.15) is 0 Å². The van der Waals surface area contributed by atoms with Gasteiger partial charge >= 0.3 is 5.97 Å². The Morgan fingerprint density at radius 2 is 2.21 bits per heavy atom. The number of hydrogen-bond acceptors (Lipinski definition) is 3. The van der Waals surface area contributed by atoms with E-state index < -0.39 is 0 Å². The summed E-state index contributed by atoms with van der Waals surface area (Å²) in [5.74, 6) is 0.665. The highest BCUT2D eigenvalue weighted by atomic mass is 127. The molecule has 112 valence electrons. The van der Waals surface area contributed by atoms with Crippen LogP contribution >= 0.6 is 24.0 Å². The second-order valence-corrected chi connectivity index (χ2v) is 4.53. The summed E-state index contributed by atoms with van der Waals surface area (Å²) in [6.07, 6.45) is 0.461. The standard InChI is InChI=1S/C12H22FN3O2.HI/c1-9-7-16(8-10(9)11(17)18-3)12(14-2)15-6-4-5-13;/h9-10H,4-8H2,1-3H3,(H,14,15);1H. The smallest absolute Gasteiger partial charge is 0.310 e. The second-order valence-electron chi connectivity index (χ2n) is 4.53. The molecule has 1 rings (SSSR count). The number of carbonyl (C=O) groups is 1. The summed E-state index contributed by atoms with van der Waals surface area (Å²) in [7, 11) is 3.10. The summed E-state index contributed by atoms with van der Waals surface area (Å²) in [6.45, 7) is 3.59. The second kappa shape index (κ2) is 9.33. The van der Waals surface area contributed by atoms with Crippen molar-refractivity contribution in [3.8, 4) is 0 Å². The Morgan fingerprint density at radius 1 is 1.53 bits per heavy atom. The Hall–Kier alpha value is -0.600. The fraction of sp³-hybridized carbons (Fsp3) is 0.833. The molecule has 1 fully saturated rings. The Labute approximate surface area is 131 Å². The Kier molecular flexibility index (Phi) is 9.03. The SMILES string of the molecule is CN=C(NCCCF)N1CC(C)C(C(=O)OC)C1.I. The topological polar surface area (TPSA) is 53.9 Å². The van der Waals surface area contributed by atoms with E-state index in [9.17, 15) is 9.18 Å². The molecule has 0 saturated carbocycles. The highest BCUT2D eigenvalue weighted by Crippen LogP contribution is 2.23. The van der Waals surface area contributed by atoms with Gasteiger partial charge < -0.3 is 15.0 Å². The van der Waals surface area contributed by atoms with Gasteiger partial charge in [0.1, 0.15) is 0 Å². The van der Waals surface area contributed by atoms with Crippen LogP contribution in [0.1, 0.15) is 13.3 Å². The first-order chi connectivity index (χ1) is 8.63. The van der Waals surface area contributed by atoms with Crippen LogP contribution in [-0.2, 0) is 9.53 Å². The molecule has 1 saturated heterocycles. The maximum Gasteiger partial charge on any atom is 0.310 e. The lowest BCUT2D eigenvalue weighted by Crippen LogP contribution is -2.41. The summed E-state index contributed by atoms with van der Waals surface area (Å²) >= 11 is 0. The fourth-order valence-corrected chi connectivity index (χ4v) is 2.20. The number of methoxy groups -OCH3 is 1. The van der Waals surface area contributed by atoms with E-state index in [-0.39, 0.29) is 48.5 Å². The number of esters is 1. The third-order valence-corrected chi connectivity index (χ3v) is 3.22. The average Bonchev–Trinajstić information content (AvgIpc) is 2.76. The lowest BCUT2D eigenvalue weighted by Gasteiger charge is -2.21. The number of carbonyl (C=O) groups excluding carboxylic acids is 1. The van der Waals surface area contributed by atoms with Crippen molar-refractivity contribution in [1.29, 1.82) is 0 Å². The van der Waals surface area contributed by atoms with Crippen LogP contribution in [0.25, 0.3) is 0 Å². The molecule has 1 heterocycles. The molecule has 0 bridgehead atoms. The molecule has 19 heavy (non-hydrogen) atoms. The zero-order valence-corrected chi connectivity index (χ0v) is 14.0. The van der Waals surface area contributed by atoms with Crippen LogP contribution in [0.3, 0.4) is 0 Å². The third kappa shape index (κ3) is 5.12. The summed E-state index contributed by atoms with van der Waals surface area (Å²) in [6, 6.07) is 0. The molecular weight excluding hydrogens is 364 g/mol. The Balaban J connectivity index is 0.00000324. The summed E-state index contributed by atoms with van der Waals surface area (Å²) < 4.78 is 16.8. The van der Waals surface area contributed by atoms with Gasteiger partial charge in [0.05, 0.1) is 19.7 Å². The van der Waals surface area contributed by atoms with Crippen LogP contribution in [0, 0.1) is 11.8 Å². The number of rotatable bonds is 4. The summed E-state index contributed by atoms with van der Waals surface area (Å²) in [5.41, 5.74) is 0. The van der Waals surface area contributed by atoms with Gasteiger partial charge in [0.15, 0.2) is 5.96 Å². The van der Waals surface area contributed by atoms with E-state index in [0.717, 1.165) is 12.5 Å². The maximum atomic E-state index is 12.0. The van der Waals surface area contributed by atoms with Crippen LogP contribution in [0.15, 0.2) is 4.99 Å². The normalized spacial score (nSPS) is 22.9. The lowest BCUT2D eigenvalue weighted by molar-refractivity contribution is -0.145. The number of halogens is 2. The molecule has 1 aliphatic rings. The highest BCUT2D eigenvalue weighted by molar-refractivity contribution is 14.0. The van der Waals surface area contributed by atoms with E-state index in [1.54, 1.807) is 7.05 Å². The molecule has 5 nitrogen and oxygen atoms in total. The number of ether oxygens (including phenoxy) is 1. The van der Waals surface area contributed by atoms with Gasteiger partial charge in [-0.3, -0.25) is 14.2 Å². The van der Waals surface area contributed by atoms with Crippen LogP contribution in [-0.4, -0.2) is 57.3 Å². The van der Waals surface area contributed by atoms with Crippen LogP contribution < -0.4 is 5.32 Å². The number of hydrogen-bond donors (Lipinski definition) is 1. The Morgan fingerprint density at radius 3 is 2.74 bits per heavy atom. The van der Waals surface area contributed by atoms with E-state index in [1.165, 1.54) is 7.11 Å². The van der Waals surface area contributed by atoms with Gasteiger partial charge in [0.25, 0.3) is 0 Å². The average molecular weight is 387 g/mol. The van der Waals surface area contributed by atoms with Crippen molar-refractivity contribution in [1.82, 2.24) is 10.2 Å². The number of likely N-dealkylation sites (tertiary alicyclic amines) is 1. The first kappa shape index (κ1) is 18.4. The zero-order chi connectivity index (χ0) is 13.5. The van der Waals surface area contributed by atoms with Crippen molar-refractivity contribution >= 4 is 35.9 Å². The minimum atomic E-state index is -0.342. The van der Waals surface area contributed by atoms with Crippen molar-refractivity contribution in [3.05, 3.63) is 0 Å². The van der Waals surface area contributed by atoms with Gasteiger partial charge in [-0.1, -0.05) is 6.92 Å². The first-order valence-corrected chi connectivity index (χ1v) is 6.23. The number of nitrogens with one attached hydrogen (secondary N) is 1. The summed E-state index contributed by atoms with van der Waals surface area (Å²) in [4.78, 5) is 17.8. The Bertz CT molecular complexity index is 315. The quantitative estimate of drug-likeness (QED) is 0.260. The molecule has 7 heteroatoms. The number of nitrogens with zero attached hydrogens (tertiary/aromatic N) is 2. The number of aliphatic imine (C=N–C) groups is 1. The van der Waals surface area contributed by atoms with E-state index in [0.29, 0.717) is 19.5 Å². The maximum absolute atomic E-state index is 12.0. The molecule has 0 aliphatic carbocycles. The lowest BCUT2D eigenvalue weighted by atomic mass is 9.99. The van der Waals surface area contributed by atoms with Gasteiger partial charge in [0.2, 0.25) is 0 Å². The number of alkyl halides is 1. The van der Waals surface area contributed by atoms with E-state index in [2.05, 4.69) is 10.3 Å². The predicted octanol–water partition coefficient (Wildman–Crippen LogP) is 1.28. The van der Waals surface area contributed by atoms with Gasteiger partial charge in [-0.25, -0.2) is 0 Å².